The lowest BCUT2D eigenvalue weighted by molar-refractivity contribution is 0.103. The summed E-state index contributed by atoms with van der Waals surface area (Å²) in [6.07, 6.45) is 1.17. The van der Waals surface area contributed by atoms with Crippen LogP contribution in [-0.4, -0.2) is 33.2 Å². The number of ketones is 1. The normalized spacial score (nSPS) is 12.0. The number of anilines is 1. The highest BCUT2D eigenvalue weighted by Gasteiger charge is 2.22. The largest absolute Gasteiger partial charge is 0.609 e. The molecule has 8 heteroatoms. The Labute approximate surface area is 136 Å². The summed E-state index contributed by atoms with van der Waals surface area (Å²) in [6.45, 7) is 3.38. The number of nitrogens with two attached hydrogens (primary N) is 1. The van der Waals surface area contributed by atoms with Gasteiger partial charge in [-0.3, -0.25) is 4.79 Å². The molecule has 1 atom stereocenters. The molecule has 0 fully saturated rings. The first kappa shape index (κ1) is 17.2. The number of hydrogen-bond donors (Lipinski definition) is 1. The molecule has 6 nitrogen and oxygen atoms in total. The molecule has 0 aliphatic rings. The van der Waals surface area contributed by atoms with Crippen LogP contribution in [0.25, 0.3) is 0 Å². The second kappa shape index (κ2) is 6.93. The van der Waals surface area contributed by atoms with Gasteiger partial charge in [-0.25, -0.2) is 4.39 Å². The van der Waals surface area contributed by atoms with Gasteiger partial charge in [-0.05, 0) is 31.5 Å². The highest BCUT2D eigenvalue weighted by atomic mass is 32.2. The minimum Gasteiger partial charge on any atom is -0.609 e. The third-order valence-electron chi connectivity index (χ3n) is 3.24. The summed E-state index contributed by atoms with van der Waals surface area (Å²) in [5.41, 5.74) is 6.07. The molecule has 1 heterocycles. The second-order valence-corrected chi connectivity index (χ2v) is 6.35. The number of benzene rings is 1. The summed E-state index contributed by atoms with van der Waals surface area (Å²) in [4.78, 5) is 20.2. The average molecular weight is 337 g/mol. The number of aryl methyl sites for hydroxylation is 1. The zero-order chi connectivity index (χ0) is 17.1. The van der Waals surface area contributed by atoms with Crippen LogP contribution in [0.5, 0.6) is 5.75 Å². The topological polar surface area (TPSA) is 101 Å². The van der Waals surface area contributed by atoms with E-state index in [2.05, 4.69) is 9.97 Å². The van der Waals surface area contributed by atoms with Crippen LogP contribution in [0.15, 0.2) is 23.5 Å². The SMILES string of the molecule is CC[S+]([O-])c1ncc(C(=O)c2cc(OC)c(C)cc2F)c(N)n1. The van der Waals surface area contributed by atoms with Crippen LogP contribution >= 0.6 is 0 Å². The zero-order valence-corrected chi connectivity index (χ0v) is 13.7. The molecule has 0 bridgehead atoms. The lowest BCUT2D eigenvalue weighted by Gasteiger charge is -2.10. The van der Waals surface area contributed by atoms with E-state index in [9.17, 15) is 13.7 Å². The first-order valence-corrected chi connectivity index (χ1v) is 8.10. The fourth-order valence-corrected chi connectivity index (χ4v) is 2.61. The van der Waals surface area contributed by atoms with Gasteiger partial charge in [-0.15, -0.1) is 0 Å². The molecule has 2 rings (SSSR count). The predicted octanol–water partition coefficient (Wildman–Crippen LogP) is 1.87. The fourth-order valence-electron chi connectivity index (χ4n) is 1.98. The van der Waals surface area contributed by atoms with Gasteiger partial charge in [0.05, 0.1) is 18.2 Å². The number of carbonyl (C=O) groups excluding carboxylic acids is 1. The number of methoxy groups -OCH3 is 1. The van der Waals surface area contributed by atoms with Gasteiger partial charge in [0.2, 0.25) is 5.78 Å². The van der Waals surface area contributed by atoms with Crippen molar-refractivity contribution >= 4 is 22.8 Å². The van der Waals surface area contributed by atoms with Crippen molar-refractivity contribution in [3.8, 4) is 5.75 Å². The van der Waals surface area contributed by atoms with Crippen molar-refractivity contribution in [3.63, 3.8) is 0 Å². The number of aromatic nitrogens is 2. The van der Waals surface area contributed by atoms with Crippen molar-refractivity contribution in [1.29, 1.82) is 0 Å². The number of nitrogens with zero attached hydrogens (tertiary/aromatic N) is 2. The molecule has 2 aromatic rings. The molecule has 0 aliphatic carbocycles. The van der Waals surface area contributed by atoms with Gasteiger partial charge in [-0.2, -0.15) is 9.97 Å². The van der Waals surface area contributed by atoms with Crippen LogP contribution in [0.3, 0.4) is 0 Å². The zero-order valence-electron chi connectivity index (χ0n) is 12.9. The first-order chi connectivity index (χ1) is 10.9. The Hall–Kier alpha value is -2.19. The third-order valence-corrected chi connectivity index (χ3v) is 4.36. The van der Waals surface area contributed by atoms with E-state index in [1.807, 2.05) is 0 Å². The van der Waals surface area contributed by atoms with E-state index in [1.54, 1.807) is 13.8 Å². The molecule has 1 unspecified atom stereocenters. The standard InChI is InChI=1S/C15H16FN3O3S/c1-4-23(21)15-18-7-10(14(17)19-15)13(20)9-6-12(22-3)8(2)5-11(9)16/h5-7H,4H2,1-3H3,(H2,17,18,19). The quantitative estimate of drug-likeness (QED) is 0.508. The maximum Gasteiger partial charge on any atom is 0.344 e. The van der Waals surface area contributed by atoms with Gasteiger partial charge in [0.15, 0.2) is 0 Å². The van der Waals surface area contributed by atoms with E-state index in [-0.39, 0.29) is 22.1 Å². The van der Waals surface area contributed by atoms with Crippen molar-refractivity contribution in [2.75, 3.05) is 18.6 Å². The average Bonchev–Trinajstić information content (AvgIpc) is 2.53. The highest BCUT2D eigenvalue weighted by Crippen LogP contribution is 2.25. The Kier molecular flexibility index (Phi) is 5.17. The smallest absolute Gasteiger partial charge is 0.344 e. The van der Waals surface area contributed by atoms with Gasteiger partial charge in [-0.1, -0.05) is 0 Å². The van der Waals surface area contributed by atoms with Gasteiger partial charge in [0, 0.05) is 17.4 Å². The number of carbonyl (C=O) groups is 1. The maximum atomic E-state index is 14.1. The molecule has 0 saturated heterocycles. The van der Waals surface area contributed by atoms with E-state index in [0.717, 1.165) is 0 Å². The fraction of sp³-hybridized carbons (Fsp3) is 0.267. The predicted molar refractivity (Wildman–Crippen MR) is 84.5 cm³/mol. The third kappa shape index (κ3) is 3.43. The van der Waals surface area contributed by atoms with E-state index < -0.39 is 22.8 Å². The second-order valence-electron chi connectivity index (χ2n) is 4.72. The molecule has 1 aromatic heterocycles. The molecule has 0 amide bonds. The molecule has 23 heavy (non-hydrogen) atoms. The van der Waals surface area contributed by atoms with Crippen molar-refractivity contribution in [1.82, 2.24) is 9.97 Å². The van der Waals surface area contributed by atoms with E-state index in [0.29, 0.717) is 17.1 Å². The summed E-state index contributed by atoms with van der Waals surface area (Å²) in [5, 5.41) is 0.0449. The molecular weight excluding hydrogens is 321 g/mol. The summed E-state index contributed by atoms with van der Waals surface area (Å²) in [5.74, 6) is -0.768. The monoisotopic (exact) mass is 337 g/mol. The molecule has 0 spiro atoms. The van der Waals surface area contributed by atoms with E-state index in [4.69, 9.17) is 10.5 Å². The van der Waals surface area contributed by atoms with Gasteiger partial charge >= 0.3 is 5.16 Å². The first-order valence-electron chi connectivity index (χ1n) is 6.78. The van der Waals surface area contributed by atoms with Crippen molar-refractivity contribution in [3.05, 3.63) is 40.8 Å². The van der Waals surface area contributed by atoms with Crippen LogP contribution in [0.1, 0.15) is 28.4 Å². The molecule has 0 aliphatic heterocycles. The van der Waals surface area contributed by atoms with Crippen molar-refractivity contribution in [2.45, 2.75) is 19.0 Å². The molecule has 122 valence electrons. The van der Waals surface area contributed by atoms with Crippen LogP contribution in [0.2, 0.25) is 0 Å². The highest BCUT2D eigenvalue weighted by molar-refractivity contribution is 7.91. The summed E-state index contributed by atoms with van der Waals surface area (Å²) in [7, 11) is 1.43. The van der Waals surface area contributed by atoms with Crippen LogP contribution in [-0.2, 0) is 11.2 Å². The lowest BCUT2D eigenvalue weighted by Crippen LogP contribution is -2.15. The van der Waals surface area contributed by atoms with Crippen LogP contribution in [0, 0.1) is 12.7 Å². The van der Waals surface area contributed by atoms with Crippen LogP contribution < -0.4 is 10.5 Å². The molecule has 0 radical (unpaired) electrons. The molecule has 1 aromatic carbocycles. The number of ether oxygens (including phenoxy) is 1. The number of rotatable bonds is 5. The number of nitrogen functional groups attached to an aromatic ring is 1. The molecule has 0 saturated carbocycles. The van der Waals surface area contributed by atoms with Crippen molar-refractivity contribution in [2.24, 2.45) is 0 Å². The summed E-state index contributed by atoms with van der Waals surface area (Å²) >= 11 is -1.39. The number of hydrogen-bond acceptors (Lipinski definition) is 6. The maximum absolute atomic E-state index is 14.1. The molecule has 2 N–H and O–H groups in total. The Morgan fingerprint density at radius 3 is 2.70 bits per heavy atom. The minimum atomic E-state index is -1.39. The Morgan fingerprint density at radius 1 is 1.43 bits per heavy atom. The Balaban J connectivity index is 2.45. The lowest BCUT2D eigenvalue weighted by atomic mass is 10.0. The Morgan fingerprint density at radius 2 is 2.13 bits per heavy atom. The van der Waals surface area contributed by atoms with Gasteiger partial charge in [0.1, 0.15) is 23.1 Å². The minimum absolute atomic E-state index is 0.0449. The summed E-state index contributed by atoms with van der Waals surface area (Å²) in [6, 6.07) is 2.52. The van der Waals surface area contributed by atoms with Gasteiger partial charge in [0.25, 0.3) is 0 Å². The summed E-state index contributed by atoms with van der Waals surface area (Å²) < 4.78 is 30.9. The molecular formula is C15H16FN3O3S. The van der Waals surface area contributed by atoms with Crippen LogP contribution in [0.4, 0.5) is 10.2 Å². The van der Waals surface area contributed by atoms with E-state index >= 15 is 0 Å². The van der Waals surface area contributed by atoms with E-state index in [1.165, 1.54) is 25.4 Å². The van der Waals surface area contributed by atoms with Gasteiger partial charge < -0.3 is 15.0 Å². The van der Waals surface area contributed by atoms with Crippen molar-refractivity contribution < 1.29 is 18.5 Å². The Bertz CT molecular complexity index is 755. The number of halogens is 1.